The Labute approximate surface area is 81.0 Å². The molecule has 0 fully saturated rings. The molecule has 0 aliphatic carbocycles. The smallest absolute Gasteiger partial charge is 0.411 e. The third-order valence-electron chi connectivity index (χ3n) is 1.68. The molecule has 1 rings (SSSR count). The number of nitrogens with two attached hydrogens (primary N) is 3. The molecule has 0 unspecified atom stereocenters. The minimum Gasteiger partial charge on any atom is -0.453 e. The summed E-state index contributed by atoms with van der Waals surface area (Å²) in [5, 5.41) is 2.42. The summed E-state index contributed by atoms with van der Waals surface area (Å²) in [4.78, 5) is 10.8. The molecule has 0 heterocycles. The van der Waals surface area contributed by atoms with Gasteiger partial charge in [-0.25, -0.2) is 4.79 Å². The molecule has 0 aliphatic heterocycles. The number of methoxy groups -OCH3 is 1. The highest BCUT2D eigenvalue weighted by molar-refractivity contribution is 5.89. The zero-order chi connectivity index (χ0) is 10.7. The van der Waals surface area contributed by atoms with Crippen LogP contribution in [0.4, 0.5) is 27.5 Å². The van der Waals surface area contributed by atoms with Crippen molar-refractivity contribution in [3.05, 3.63) is 12.1 Å². The summed E-state index contributed by atoms with van der Waals surface area (Å²) < 4.78 is 4.40. The Morgan fingerprint density at radius 2 is 1.79 bits per heavy atom. The fraction of sp³-hybridized carbons (Fsp3) is 0.125. The van der Waals surface area contributed by atoms with Crippen LogP contribution in [0.25, 0.3) is 0 Å². The summed E-state index contributed by atoms with van der Waals surface area (Å²) in [6, 6.07) is 3.01. The Bertz CT molecular complexity index is 341. The molecule has 6 nitrogen and oxygen atoms in total. The predicted octanol–water partition coefficient (Wildman–Crippen LogP) is 0.611. The predicted molar refractivity (Wildman–Crippen MR) is 55.7 cm³/mol. The van der Waals surface area contributed by atoms with Crippen LogP contribution in [0.15, 0.2) is 12.1 Å². The number of anilines is 4. The van der Waals surface area contributed by atoms with Gasteiger partial charge in [0.25, 0.3) is 0 Å². The Kier molecular flexibility index (Phi) is 2.66. The van der Waals surface area contributed by atoms with Gasteiger partial charge in [-0.3, -0.25) is 5.32 Å². The average Bonchev–Trinajstić information content (AvgIpc) is 2.14. The number of benzene rings is 1. The number of carbonyl (C=O) groups excluding carboxylic acids is 1. The molecule has 1 amide bonds. The second kappa shape index (κ2) is 3.73. The van der Waals surface area contributed by atoms with E-state index in [4.69, 9.17) is 17.2 Å². The van der Waals surface area contributed by atoms with Gasteiger partial charge in [-0.1, -0.05) is 0 Å². The normalized spacial score (nSPS) is 9.50. The molecule has 14 heavy (non-hydrogen) atoms. The van der Waals surface area contributed by atoms with Crippen LogP contribution in [-0.4, -0.2) is 13.2 Å². The van der Waals surface area contributed by atoms with Gasteiger partial charge in [0.2, 0.25) is 0 Å². The van der Waals surface area contributed by atoms with E-state index in [1.165, 1.54) is 19.2 Å². The van der Waals surface area contributed by atoms with Gasteiger partial charge in [0.15, 0.2) is 0 Å². The van der Waals surface area contributed by atoms with Gasteiger partial charge in [-0.05, 0) is 12.1 Å². The van der Waals surface area contributed by atoms with Crippen LogP contribution in [0.2, 0.25) is 0 Å². The lowest BCUT2D eigenvalue weighted by Gasteiger charge is -2.08. The van der Waals surface area contributed by atoms with Gasteiger partial charge >= 0.3 is 6.09 Å². The third-order valence-corrected chi connectivity index (χ3v) is 1.68. The number of hydrogen-bond acceptors (Lipinski definition) is 5. The quantitative estimate of drug-likeness (QED) is 0.491. The Hall–Kier alpha value is -2.11. The molecule has 7 N–H and O–H groups in total. The van der Waals surface area contributed by atoms with E-state index >= 15 is 0 Å². The third kappa shape index (κ3) is 1.98. The molecule has 76 valence electrons. The van der Waals surface area contributed by atoms with E-state index in [1.807, 2.05) is 0 Å². The van der Waals surface area contributed by atoms with Crippen molar-refractivity contribution >= 4 is 28.8 Å². The highest BCUT2D eigenvalue weighted by Gasteiger charge is 2.05. The lowest BCUT2D eigenvalue weighted by molar-refractivity contribution is 0.187. The van der Waals surface area contributed by atoms with Gasteiger partial charge in [0.1, 0.15) is 0 Å². The van der Waals surface area contributed by atoms with Crippen LogP contribution >= 0.6 is 0 Å². The topological polar surface area (TPSA) is 116 Å². The SMILES string of the molecule is COC(=O)Nc1cc(N)c(N)c(N)c1. The molecule has 0 saturated heterocycles. The molecule has 0 radical (unpaired) electrons. The van der Waals surface area contributed by atoms with E-state index in [2.05, 4.69) is 10.1 Å². The van der Waals surface area contributed by atoms with Crippen molar-refractivity contribution in [2.45, 2.75) is 0 Å². The maximum atomic E-state index is 10.8. The second-order valence-corrected chi connectivity index (χ2v) is 2.68. The van der Waals surface area contributed by atoms with E-state index < -0.39 is 6.09 Å². The van der Waals surface area contributed by atoms with E-state index in [9.17, 15) is 4.79 Å². The van der Waals surface area contributed by atoms with Gasteiger partial charge < -0.3 is 21.9 Å². The minimum absolute atomic E-state index is 0.306. The Morgan fingerprint density at radius 1 is 1.29 bits per heavy atom. The number of carbonyl (C=O) groups is 1. The fourth-order valence-electron chi connectivity index (χ4n) is 0.940. The van der Waals surface area contributed by atoms with Crippen LogP contribution < -0.4 is 22.5 Å². The van der Waals surface area contributed by atoms with Crippen molar-refractivity contribution in [3.63, 3.8) is 0 Å². The van der Waals surface area contributed by atoms with E-state index in [-0.39, 0.29) is 0 Å². The van der Waals surface area contributed by atoms with Crippen LogP contribution in [0, 0.1) is 0 Å². The van der Waals surface area contributed by atoms with Crippen molar-refractivity contribution in [1.82, 2.24) is 0 Å². The first-order chi connectivity index (χ1) is 6.54. The van der Waals surface area contributed by atoms with Gasteiger partial charge in [-0.2, -0.15) is 0 Å². The Balaban J connectivity index is 2.95. The highest BCUT2D eigenvalue weighted by atomic mass is 16.5. The van der Waals surface area contributed by atoms with Crippen LogP contribution in [0.5, 0.6) is 0 Å². The first-order valence-electron chi connectivity index (χ1n) is 3.84. The summed E-state index contributed by atoms with van der Waals surface area (Å²) in [5.74, 6) is 0. The molecule has 0 atom stereocenters. The summed E-state index contributed by atoms with van der Waals surface area (Å²) in [7, 11) is 1.26. The molecule has 0 aliphatic rings. The lowest BCUT2D eigenvalue weighted by Crippen LogP contribution is -2.12. The molecule has 0 spiro atoms. The van der Waals surface area contributed by atoms with E-state index in [0.29, 0.717) is 22.7 Å². The lowest BCUT2D eigenvalue weighted by atomic mass is 10.2. The van der Waals surface area contributed by atoms with E-state index in [0.717, 1.165) is 0 Å². The number of ether oxygens (including phenoxy) is 1. The first-order valence-corrected chi connectivity index (χ1v) is 3.84. The zero-order valence-corrected chi connectivity index (χ0v) is 7.70. The summed E-state index contributed by atoms with van der Waals surface area (Å²) in [6.45, 7) is 0. The molecular weight excluding hydrogens is 184 g/mol. The Morgan fingerprint density at radius 3 is 2.21 bits per heavy atom. The van der Waals surface area contributed by atoms with Gasteiger partial charge in [0.05, 0.1) is 24.2 Å². The number of amides is 1. The number of nitrogens with one attached hydrogen (secondary N) is 1. The summed E-state index contributed by atoms with van der Waals surface area (Å²) in [5.41, 5.74) is 18.0. The summed E-state index contributed by atoms with van der Waals surface area (Å²) in [6.07, 6.45) is -0.589. The van der Waals surface area contributed by atoms with Crippen molar-refractivity contribution in [1.29, 1.82) is 0 Å². The maximum Gasteiger partial charge on any atom is 0.411 e. The zero-order valence-electron chi connectivity index (χ0n) is 7.70. The molecule has 0 saturated carbocycles. The number of hydrogen-bond donors (Lipinski definition) is 4. The van der Waals surface area contributed by atoms with Crippen LogP contribution in [0.3, 0.4) is 0 Å². The fourth-order valence-corrected chi connectivity index (χ4v) is 0.940. The molecular formula is C8H12N4O2. The van der Waals surface area contributed by atoms with Crippen LogP contribution in [-0.2, 0) is 4.74 Å². The standard InChI is InChI=1S/C8H12N4O2/c1-14-8(13)12-4-2-5(9)7(11)6(10)3-4/h2-3H,9-11H2,1H3,(H,12,13). The molecule has 0 bridgehead atoms. The van der Waals surface area contributed by atoms with Gasteiger partial charge in [-0.15, -0.1) is 0 Å². The average molecular weight is 196 g/mol. The largest absolute Gasteiger partial charge is 0.453 e. The van der Waals surface area contributed by atoms with Gasteiger partial charge in [0, 0.05) is 5.69 Å². The van der Waals surface area contributed by atoms with Crippen LogP contribution in [0.1, 0.15) is 0 Å². The van der Waals surface area contributed by atoms with Crippen molar-refractivity contribution in [3.8, 4) is 0 Å². The summed E-state index contributed by atoms with van der Waals surface area (Å²) >= 11 is 0. The highest BCUT2D eigenvalue weighted by Crippen LogP contribution is 2.27. The molecule has 0 aromatic heterocycles. The molecule has 1 aromatic carbocycles. The number of nitrogen functional groups attached to an aromatic ring is 3. The first kappa shape index (κ1) is 9.97. The number of rotatable bonds is 1. The second-order valence-electron chi connectivity index (χ2n) is 2.68. The van der Waals surface area contributed by atoms with E-state index in [1.54, 1.807) is 0 Å². The molecule has 6 heteroatoms. The molecule has 1 aromatic rings. The van der Waals surface area contributed by atoms with Crippen molar-refractivity contribution < 1.29 is 9.53 Å². The monoisotopic (exact) mass is 196 g/mol. The van der Waals surface area contributed by atoms with Crippen molar-refractivity contribution in [2.75, 3.05) is 29.6 Å². The van der Waals surface area contributed by atoms with Crippen molar-refractivity contribution in [2.24, 2.45) is 0 Å². The minimum atomic E-state index is -0.589. The maximum absolute atomic E-state index is 10.8.